The Kier molecular flexibility index (Phi) is 4.51. The molecule has 2 aromatic rings. The second-order valence-corrected chi connectivity index (χ2v) is 4.49. The zero-order valence-corrected chi connectivity index (χ0v) is 11.5. The highest BCUT2D eigenvalue weighted by Crippen LogP contribution is 2.32. The summed E-state index contributed by atoms with van der Waals surface area (Å²) in [7, 11) is 0. The number of anilines is 1. The number of pyridine rings is 1. The summed E-state index contributed by atoms with van der Waals surface area (Å²) in [6, 6.07) is 3.51. The van der Waals surface area contributed by atoms with E-state index in [0.29, 0.717) is 5.75 Å². The van der Waals surface area contributed by atoms with Crippen LogP contribution in [0, 0.1) is 0 Å². The van der Waals surface area contributed by atoms with Crippen molar-refractivity contribution in [3.63, 3.8) is 0 Å². The minimum atomic E-state index is -4.54. The van der Waals surface area contributed by atoms with E-state index >= 15 is 0 Å². The predicted molar refractivity (Wildman–Crippen MR) is 73.5 cm³/mol. The number of hydrogen-bond acceptors (Lipinski definition) is 4. The number of amides is 1. The normalized spacial score (nSPS) is 11.4. The highest BCUT2D eigenvalue weighted by molar-refractivity contribution is 7.80. The molecule has 0 aliphatic heterocycles. The lowest BCUT2D eigenvalue weighted by atomic mass is 10.2. The molecule has 1 N–H and O–H groups in total. The number of carbonyl (C=O) groups excluding carboxylic acids is 1. The number of nitrogens with one attached hydrogen (secondary N) is 1. The van der Waals surface area contributed by atoms with Gasteiger partial charge >= 0.3 is 6.18 Å². The van der Waals surface area contributed by atoms with Gasteiger partial charge in [0.2, 0.25) is 5.91 Å². The molecular formula is C12H11F3N4OS. The van der Waals surface area contributed by atoms with Crippen molar-refractivity contribution in [2.75, 3.05) is 11.1 Å². The number of halogens is 3. The molecule has 2 heterocycles. The van der Waals surface area contributed by atoms with E-state index in [-0.39, 0.29) is 24.0 Å². The van der Waals surface area contributed by atoms with E-state index in [0.717, 1.165) is 10.7 Å². The summed E-state index contributed by atoms with van der Waals surface area (Å²) in [5, 5.41) is 6.34. The van der Waals surface area contributed by atoms with E-state index in [1.54, 1.807) is 0 Å². The van der Waals surface area contributed by atoms with Gasteiger partial charge in [0, 0.05) is 24.9 Å². The topological polar surface area (TPSA) is 59.8 Å². The van der Waals surface area contributed by atoms with Crippen LogP contribution in [-0.2, 0) is 11.0 Å². The first-order valence-corrected chi connectivity index (χ1v) is 6.54. The zero-order chi connectivity index (χ0) is 15.5. The maximum atomic E-state index is 12.9. The number of alkyl halides is 3. The monoisotopic (exact) mass is 316 g/mol. The highest BCUT2D eigenvalue weighted by atomic mass is 32.1. The van der Waals surface area contributed by atoms with Crippen LogP contribution in [0.1, 0.15) is 12.0 Å². The van der Waals surface area contributed by atoms with Gasteiger partial charge in [-0.1, -0.05) is 0 Å². The van der Waals surface area contributed by atoms with Crippen molar-refractivity contribution in [1.29, 1.82) is 0 Å². The molecule has 9 heteroatoms. The third-order valence-electron chi connectivity index (χ3n) is 2.50. The summed E-state index contributed by atoms with van der Waals surface area (Å²) in [6.45, 7) is 0. The van der Waals surface area contributed by atoms with Crippen molar-refractivity contribution in [1.82, 2.24) is 14.8 Å². The molecular weight excluding hydrogens is 305 g/mol. The van der Waals surface area contributed by atoms with E-state index < -0.39 is 11.7 Å². The second kappa shape index (κ2) is 6.17. The lowest BCUT2D eigenvalue weighted by Crippen LogP contribution is -2.14. The van der Waals surface area contributed by atoms with Crippen molar-refractivity contribution in [3.8, 4) is 5.82 Å². The molecule has 0 atom stereocenters. The van der Waals surface area contributed by atoms with Crippen LogP contribution in [0.5, 0.6) is 0 Å². The minimum Gasteiger partial charge on any atom is -0.309 e. The molecule has 21 heavy (non-hydrogen) atoms. The fourth-order valence-corrected chi connectivity index (χ4v) is 1.82. The summed E-state index contributed by atoms with van der Waals surface area (Å²) in [5.41, 5.74) is -0.902. The van der Waals surface area contributed by atoms with Crippen molar-refractivity contribution in [2.24, 2.45) is 0 Å². The van der Waals surface area contributed by atoms with Gasteiger partial charge in [0.25, 0.3) is 0 Å². The van der Waals surface area contributed by atoms with Gasteiger partial charge in [-0.2, -0.15) is 25.8 Å². The average Bonchev–Trinajstić information content (AvgIpc) is 2.86. The van der Waals surface area contributed by atoms with Gasteiger partial charge in [0.05, 0.1) is 0 Å². The first-order chi connectivity index (χ1) is 9.91. The number of nitrogens with zero attached hydrogens (tertiary/aromatic N) is 3. The first kappa shape index (κ1) is 15.4. The lowest BCUT2D eigenvalue weighted by molar-refractivity contribution is -0.137. The smallest absolute Gasteiger partial charge is 0.309 e. The SMILES string of the molecule is O=C(CCS)Nc1ccn(-c2ncccc2C(F)(F)F)n1. The van der Waals surface area contributed by atoms with Gasteiger partial charge in [0.15, 0.2) is 11.6 Å². The largest absolute Gasteiger partial charge is 0.420 e. The molecule has 1 amide bonds. The van der Waals surface area contributed by atoms with Crippen LogP contribution in [0.4, 0.5) is 19.0 Å². The Balaban J connectivity index is 2.28. The molecule has 0 bridgehead atoms. The molecule has 0 spiro atoms. The van der Waals surface area contributed by atoms with E-state index in [1.165, 1.54) is 24.5 Å². The molecule has 0 aromatic carbocycles. The standard InChI is InChI=1S/C12H11F3N4OS/c13-12(14,15)8-2-1-5-16-11(8)19-6-3-9(18-19)17-10(20)4-7-21/h1-3,5-6,21H,4,7H2,(H,17,18,20). The number of carbonyl (C=O) groups is 1. The summed E-state index contributed by atoms with van der Waals surface area (Å²) < 4.78 is 39.6. The maximum absolute atomic E-state index is 12.9. The predicted octanol–water partition coefficient (Wildman–Crippen LogP) is 2.54. The van der Waals surface area contributed by atoms with E-state index in [4.69, 9.17) is 0 Å². The molecule has 0 saturated carbocycles. The van der Waals surface area contributed by atoms with Gasteiger partial charge in [-0.05, 0) is 17.9 Å². The molecule has 0 unspecified atom stereocenters. The van der Waals surface area contributed by atoms with Crippen LogP contribution >= 0.6 is 12.6 Å². The number of thiol groups is 1. The quantitative estimate of drug-likeness (QED) is 0.852. The van der Waals surface area contributed by atoms with E-state index in [2.05, 4.69) is 28.0 Å². The van der Waals surface area contributed by atoms with E-state index in [1.807, 2.05) is 0 Å². The fourth-order valence-electron chi connectivity index (χ4n) is 1.62. The van der Waals surface area contributed by atoms with Gasteiger partial charge in [-0.25, -0.2) is 9.67 Å². The fraction of sp³-hybridized carbons (Fsp3) is 0.250. The lowest BCUT2D eigenvalue weighted by Gasteiger charge is -2.11. The van der Waals surface area contributed by atoms with Crippen molar-refractivity contribution in [3.05, 3.63) is 36.2 Å². The third-order valence-corrected chi connectivity index (χ3v) is 2.73. The van der Waals surface area contributed by atoms with Crippen LogP contribution in [0.15, 0.2) is 30.6 Å². The van der Waals surface area contributed by atoms with Gasteiger partial charge < -0.3 is 5.32 Å². The summed E-state index contributed by atoms with van der Waals surface area (Å²) >= 11 is 3.91. The minimum absolute atomic E-state index is 0.153. The van der Waals surface area contributed by atoms with Crippen molar-refractivity contribution in [2.45, 2.75) is 12.6 Å². The first-order valence-electron chi connectivity index (χ1n) is 5.91. The average molecular weight is 316 g/mol. The molecule has 0 saturated heterocycles. The third kappa shape index (κ3) is 3.75. The molecule has 0 aliphatic rings. The number of hydrogen-bond donors (Lipinski definition) is 2. The van der Waals surface area contributed by atoms with Crippen LogP contribution in [-0.4, -0.2) is 26.4 Å². The Morgan fingerprint density at radius 2 is 2.14 bits per heavy atom. The van der Waals surface area contributed by atoms with Crippen LogP contribution < -0.4 is 5.32 Å². The van der Waals surface area contributed by atoms with Gasteiger partial charge in [-0.3, -0.25) is 4.79 Å². The Hall–Kier alpha value is -2.03. The Morgan fingerprint density at radius 3 is 2.81 bits per heavy atom. The Morgan fingerprint density at radius 1 is 1.38 bits per heavy atom. The molecule has 0 radical (unpaired) electrons. The molecule has 0 fully saturated rings. The molecule has 5 nitrogen and oxygen atoms in total. The zero-order valence-electron chi connectivity index (χ0n) is 10.6. The van der Waals surface area contributed by atoms with Gasteiger partial charge in [0.1, 0.15) is 5.56 Å². The summed E-state index contributed by atoms with van der Waals surface area (Å²) in [4.78, 5) is 15.1. The van der Waals surface area contributed by atoms with Crippen molar-refractivity contribution >= 4 is 24.4 Å². The van der Waals surface area contributed by atoms with Gasteiger partial charge in [-0.15, -0.1) is 5.10 Å². The van der Waals surface area contributed by atoms with Crippen molar-refractivity contribution < 1.29 is 18.0 Å². The molecule has 2 aromatic heterocycles. The maximum Gasteiger partial charge on any atom is 0.420 e. The molecule has 0 aliphatic carbocycles. The van der Waals surface area contributed by atoms with E-state index in [9.17, 15) is 18.0 Å². The van der Waals surface area contributed by atoms with Crippen LogP contribution in [0.25, 0.3) is 5.82 Å². The molecule has 2 rings (SSSR count). The number of aromatic nitrogens is 3. The second-order valence-electron chi connectivity index (χ2n) is 4.04. The Labute approximate surface area is 123 Å². The highest BCUT2D eigenvalue weighted by Gasteiger charge is 2.34. The number of rotatable bonds is 4. The molecule has 112 valence electrons. The summed E-state index contributed by atoms with van der Waals surface area (Å²) in [6.07, 6.45) is -1.81. The van der Waals surface area contributed by atoms with Crippen LogP contribution in [0.3, 0.4) is 0 Å². The Bertz CT molecular complexity index is 641. The van der Waals surface area contributed by atoms with Crippen LogP contribution in [0.2, 0.25) is 0 Å². The summed E-state index contributed by atoms with van der Waals surface area (Å²) in [5.74, 6) is -0.141.